The van der Waals surface area contributed by atoms with Gasteiger partial charge in [-0.1, -0.05) is 48.5 Å². The number of rotatable bonds is 7. The Morgan fingerprint density at radius 1 is 1.00 bits per heavy atom. The maximum absolute atomic E-state index is 10.6. The first kappa shape index (κ1) is 20.7. The van der Waals surface area contributed by atoms with Gasteiger partial charge in [0, 0.05) is 5.41 Å². The van der Waals surface area contributed by atoms with Crippen molar-refractivity contribution in [1.29, 1.82) is 5.26 Å². The van der Waals surface area contributed by atoms with E-state index in [9.17, 15) is 10.4 Å². The van der Waals surface area contributed by atoms with E-state index in [0.29, 0.717) is 12.5 Å². The quantitative estimate of drug-likeness (QED) is 0.676. The van der Waals surface area contributed by atoms with E-state index in [0.717, 1.165) is 25.7 Å². The SMILES string of the molecule is CC(C)(C)C(C)(C)OCC(C)(C)C1(C#N)CC1CC(C)(C)C1(O)CC1. The van der Waals surface area contributed by atoms with Gasteiger partial charge >= 0.3 is 0 Å². The lowest BCUT2D eigenvalue weighted by molar-refractivity contribution is -0.124. The third-order valence-corrected chi connectivity index (χ3v) is 7.85. The first-order valence-electron chi connectivity index (χ1n) is 9.81. The summed E-state index contributed by atoms with van der Waals surface area (Å²) in [7, 11) is 0. The Bertz CT molecular complexity index is 558. The molecule has 3 heteroatoms. The van der Waals surface area contributed by atoms with Gasteiger partial charge < -0.3 is 9.84 Å². The van der Waals surface area contributed by atoms with Crippen molar-refractivity contribution in [2.24, 2.45) is 27.6 Å². The predicted octanol–water partition coefficient (Wildman–Crippen LogP) is 5.32. The summed E-state index contributed by atoms with van der Waals surface area (Å²) in [6.45, 7) is 20.1. The van der Waals surface area contributed by atoms with Crippen LogP contribution in [0.3, 0.4) is 0 Å². The zero-order valence-electron chi connectivity index (χ0n) is 17.9. The van der Waals surface area contributed by atoms with Crippen LogP contribution in [0.5, 0.6) is 0 Å². The molecule has 1 N–H and O–H groups in total. The number of hydrogen-bond acceptors (Lipinski definition) is 3. The van der Waals surface area contributed by atoms with Crippen LogP contribution in [0, 0.1) is 38.9 Å². The molecule has 2 unspecified atom stereocenters. The first-order chi connectivity index (χ1) is 11.0. The second kappa shape index (κ2) is 5.70. The summed E-state index contributed by atoms with van der Waals surface area (Å²) in [5, 5.41) is 20.6. The molecule has 0 aromatic rings. The zero-order valence-corrected chi connectivity index (χ0v) is 17.9. The number of nitriles is 1. The molecular weight excluding hydrogens is 310 g/mol. The minimum atomic E-state index is -0.508. The van der Waals surface area contributed by atoms with Gasteiger partial charge in [-0.3, -0.25) is 0 Å². The molecule has 2 atom stereocenters. The molecule has 2 rings (SSSR count). The normalized spacial score (nSPS) is 29.2. The summed E-state index contributed by atoms with van der Waals surface area (Å²) in [6.07, 6.45) is 3.65. The summed E-state index contributed by atoms with van der Waals surface area (Å²) in [5.41, 5.74) is -1.35. The average Bonchev–Trinajstić information content (AvgIpc) is 3.33. The second-order valence-electron chi connectivity index (χ2n) is 11.5. The predicted molar refractivity (Wildman–Crippen MR) is 102 cm³/mol. The van der Waals surface area contributed by atoms with E-state index in [4.69, 9.17) is 4.74 Å². The van der Waals surface area contributed by atoms with Crippen LogP contribution >= 0.6 is 0 Å². The highest BCUT2D eigenvalue weighted by atomic mass is 16.5. The van der Waals surface area contributed by atoms with Crippen LogP contribution in [0.15, 0.2) is 0 Å². The molecule has 0 bridgehead atoms. The Hall–Kier alpha value is -0.590. The van der Waals surface area contributed by atoms with E-state index < -0.39 is 5.60 Å². The van der Waals surface area contributed by atoms with Crippen molar-refractivity contribution in [2.75, 3.05) is 6.61 Å². The zero-order chi connectivity index (χ0) is 19.5. The van der Waals surface area contributed by atoms with Gasteiger partial charge in [0.1, 0.15) is 0 Å². The third kappa shape index (κ3) is 3.50. The Balaban J connectivity index is 2.06. The lowest BCUT2D eigenvalue weighted by Crippen LogP contribution is -2.44. The molecule has 0 saturated heterocycles. The van der Waals surface area contributed by atoms with Crippen LogP contribution in [0.4, 0.5) is 0 Å². The summed E-state index contributed by atoms with van der Waals surface area (Å²) in [4.78, 5) is 0. The molecule has 0 heterocycles. The number of hydrogen-bond donors (Lipinski definition) is 1. The number of ether oxygens (including phenoxy) is 1. The molecule has 0 aliphatic heterocycles. The summed E-state index contributed by atoms with van der Waals surface area (Å²) >= 11 is 0. The average molecular weight is 350 g/mol. The Morgan fingerprint density at radius 3 is 1.92 bits per heavy atom. The molecular formula is C22H39NO2. The smallest absolute Gasteiger partial charge is 0.0700 e. The highest BCUT2D eigenvalue weighted by Crippen LogP contribution is 2.68. The van der Waals surface area contributed by atoms with Crippen LogP contribution in [-0.2, 0) is 4.74 Å². The van der Waals surface area contributed by atoms with E-state index in [1.54, 1.807) is 0 Å². The maximum Gasteiger partial charge on any atom is 0.0700 e. The first-order valence-corrected chi connectivity index (χ1v) is 9.81. The molecule has 2 saturated carbocycles. The van der Waals surface area contributed by atoms with Crippen molar-refractivity contribution in [2.45, 2.75) is 99.2 Å². The van der Waals surface area contributed by atoms with Crippen LogP contribution < -0.4 is 0 Å². The van der Waals surface area contributed by atoms with E-state index in [1.807, 2.05) is 0 Å². The van der Waals surface area contributed by atoms with E-state index in [1.165, 1.54) is 0 Å². The van der Waals surface area contributed by atoms with Crippen molar-refractivity contribution in [1.82, 2.24) is 0 Å². The van der Waals surface area contributed by atoms with Gasteiger partial charge in [-0.25, -0.2) is 0 Å². The number of aliphatic hydroxyl groups is 1. The van der Waals surface area contributed by atoms with Crippen LogP contribution in [0.1, 0.15) is 88.0 Å². The Morgan fingerprint density at radius 2 is 1.52 bits per heavy atom. The molecule has 0 amide bonds. The molecule has 25 heavy (non-hydrogen) atoms. The lowest BCUT2D eigenvalue weighted by Gasteiger charge is -2.42. The van der Waals surface area contributed by atoms with Crippen molar-refractivity contribution < 1.29 is 9.84 Å². The lowest BCUT2D eigenvalue weighted by atomic mass is 9.71. The fourth-order valence-corrected chi connectivity index (χ4v) is 4.00. The maximum atomic E-state index is 10.6. The molecule has 2 fully saturated rings. The van der Waals surface area contributed by atoms with Crippen LogP contribution in [0.25, 0.3) is 0 Å². The fraction of sp³-hybridized carbons (Fsp3) is 0.955. The van der Waals surface area contributed by atoms with Crippen molar-refractivity contribution >= 4 is 0 Å². The molecule has 3 nitrogen and oxygen atoms in total. The van der Waals surface area contributed by atoms with Gasteiger partial charge in [0.15, 0.2) is 0 Å². The van der Waals surface area contributed by atoms with Gasteiger partial charge in [0.05, 0.1) is 29.3 Å². The monoisotopic (exact) mass is 349 g/mol. The van der Waals surface area contributed by atoms with E-state index >= 15 is 0 Å². The highest BCUT2D eigenvalue weighted by Gasteiger charge is 2.66. The van der Waals surface area contributed by atoms with Gasteiger partial charge in [-0.05, 0) is 56.3 Å². The topological polar surface area (TPSA) is 53.2 Å². The summed E-state index contributed by atoms with van der Waals surface area (Å²) in [6, 6.07) is 2.65. The van der Waals surface area contributed by atoms with Gasteiger partial charge in [0.2, 0.25) is 0 Å². The molecule has 0 radical (unpaired) electrons. The van der Waals surface area contributed by atoms with Gasteiger partial charge in [-0.2, -0.15) is 5.26 Å². The minimum absolute atomic E-state index is 0.0447. The molecule has 0 aromatic carbocycles. The molecule has 0 aromatic heterocycles. The second-order valence-corrected chi connectivity index (χ2v) is 11.5. The van der Waals surface area contributed by atoms with Crippen LogP contribution in [-0.4, -0.2) is 22.9 Å². The Kier molecular flexibility index (Phi) is 4.73. The van der Waals surface area contributed by atoms with Crippen molar-refractivity contribution in [3.63, 3.8) is 0 Å². The highest BCUT2D eigenvalue weighted by molar-refractivity contribution is 5.23. The van der Waals surface area contributed by atoms with Gasteiger partial charge in [0.25, 0.3) is 0 Å². The summed E-state index contributed by atoms with van der Waals surface area (Å²) < 4.78 is 6.34. The van der Waals surface area contributed by atoms with Crippen molar-refractivity contribution in [3.05, 3.63) is 0 Å². The van der Waals surface area contributed by atoms with E-state index in [-0.39, 0.29) is 27.3 Å². The van der Waals surface area contributed by atoms with E-state index in [2.05, 4.69) is 68.4 Å². The van der Waals surface area contributed by atoms with Crippen molar-refractivity contribution in [3.8, 4) is 6.07 Å². The third-order valence-electron chi connectivity index (χ3n) is 7.85. The van der Waals surface area contributed by atoms with Gasteiger partial charge in [-0.15, -0.1) is 0 Å². The minimum Gasteiger partial charge on any atom is -0.389 e. The summed E-state index contributed by atoms with van der Waals surface area (Å²) in [5.74, 6) is 0.355. The molecule has 2 aliphatic carbocycles. The number of nitrogens with zero attached hydrogens (tertiary/aromatic N) is 1. The Labute approximate surface area is 155 Å². The molecule has 144 valence electrons. The standard InChI is InChI=1S/C22H39NO2/c1-17(2,3)20(8,9)25-15-19(6,7)21(14-23)13-16(21)12-18(4,5)22(24)10-11-22/h16,24H,10-13,15H2,1-9H3. The molecule has 2 aliphatic rings. The largest absolute Gasteiger partial charge is 0.389 e. The fourth-order valence-electron chi connectivity index (χ4n) is 4.00. The van der Waals surface area contributed by atoms with Crippen LogP contribution in [0.2, 0.25) is 0 Å². The molecule has 0 spiro atoms.